The van der Waals surface area contributed by atoms with Crippen molar-refractivity contribution in [1.29, 1.82) is 0 Å². The standard InChI is InChI=1S/C12H15BrN6O/c1-20-7-10-17-11-9(3-2-4-19(11)18-10)16-12-14-5-8(13)6-15-12/h5-6,9H,2-4,7H2,1H3,(H,14,15,16)/t9-/m1/s1. The number of fused-ring (bicyclic) bond motifs is 1. The highest BCUT2D eigenvalue weighted by Crippen LogP contribution is 2.26. The van der Waals surface area contributed by atoms with Crippen LogP contribution in [0.25, 0.3) is 0 Å². The van der Waals surface area contributed by atoms with Gasteiger partial charge >= 0.3 is 0 Å². The topological polar surface area (TPSA) is 77.8 Å². The lowest BCUT2D eigenvalue weighted by atomic mass is 10.1. The van der Waals surface area contributed by atoms with Crippen molar-refractivity contribution in [2.45, 2.75) is 32.0 Å². The summed E-state index contributed by atoms with van der Waals surface area (Å²) in [5.41, 5.74) is 0. The van der Waals surface area contributed by atoms with Crippen LogP contribution >= 0.6 is 15.9 Å². The summed E-state index contributed by atoms with van der Waals surface area (Å²) in [5.74, 6) is 2.24. The maximum absolute atomic E-state index is 5.08. The number of nitrogens with one attached hydrogen (secondary N) is 1. The predicted molar refractivity (Wildman–Crippen MR) is 76.1 cm³/mol. The van der Waals surface area contributed by atoms with Crippen molar-refractivity contribution in [2.75, 3.05) is 12.4 Å². The summed E-state index contributed by atoms with van der Waals surface area (Å²) >= 11 is 3.32. The van der Waals surface area contributed by atoms with Gasteiger partial charge in [-0.25, -0.2) is 19.6 Å². The number of rotatable bonds is 4. The number of hydrogen-bond donors (Lipinski definition) is 1. The Balaban J connectivity index is 1.80. The van der Waals surface area contributed by atoms with E-state index in [1.807, 2.05) is 4.68 Å². The van der Waals surface area contributed by atoms with Crippen molar-refractivity contribution in [1.82, 2.24) is 24.7 Å². The molecule has 1 aliphatic rings. The molecule has 0 radical (unpaired) electrons. The van der Waals surface area contributed by atoms with E-state index in [1.165, 1.54) is 0 Å². The molecule has 2 aromatic heterocycles. The van der Waals surface area contributed by atoms with Crippen LogP contribution in [-0.2, 0) is 17.9 Å². The Labute approximate surface area is 124 Å². The predicted octanol–water partition coefficient (Wildman–Crippen LogP) is 1.92. The number of nitrogens with zero attached hydrogens (tertiary/aromatic N) is 5. The molecule has 3 heterocycles. The van der Waals surface area contributed by atoms with Crippen LogP contribution in [0, 0.1) is 0 Å². The SMILES string of the molecule is COCc1nc2n(n1)CCC[C@H]2Nc1ncc(Br)cn1. The minimum Gasteiger partial charge on any atom is -0.377 e. The Morgan fingerprint density at radius 1 is 1.45 bits per heavy atom. The molecule has 1 aliphatic heterocycles. The van der Waals surface area contributed by atoms with Gasteiger partial charge in [0.05, 0.1) is 10.5 Å². The lowest BCUT2D eigenvalue weighted by molar-refractivity contribution is 0.177. The molecule has 20 heavy (non-hydrogen) atoms. The van der Waals surface area contributed by atoms with Gasteiger partial charge in [-0.15, -0.1) is 0 Å². The van der Waals surface area contributed by atoms with Crippen molar-refractivity contribution in [2.24, 2.45) is 0 Å². The van der Waals surface area contributed by atoms with Gasteiger partial charge in [0.1, 0.15) is 12.4 Å². The highest BCUT2D eigenvalue weighted by atomic mass is 79.9. The molecule has 3 rings (SSSR count). The van der Waals surface area contributed by atoms with E-state index in [1.54, 1.807) is 19.5 Å². The molecule has 1 N–H and O–H groups in total. The molecule has 0 bridgehead atoms. The second kappa shape index (κ2) is 5.84. The Hall–Kier alpha value is -1.54. The van der Waals surface area contributed by atoms with Crippen LogP contribution in [0.3, 0.4) is 0 Å². The highest BCUT2D eigenvalue weighted by molar-refractivity contribution is 9.10. The maximum Gasteiger partial charge on any atom is 0.223 e. The third kappa shape index (κ3) is 2.80. The molecule has 0 saturated heterocycles. The summed E-state index contributed by atoms with van der Waals surface area (Å²) in [4.78, 5) is 13.0. The summed E-state index contributed by atoms with van der Waals surface area (Å²) in [6, 6.07) is 0.0861. The number of aromatic nitrogens is 5. The number of anilines is 1. The van der Waals surface area contributed by atoms with Gasteiger partial charge < -0.3 is 10.1 Å². The van der Waals surface area contributed by atoms with Gasteiger partial charge in [0.15, 0.2) is 5.82 Å². The van der Waals surface area contributed by atoms with E-state index in [0.717, 1.165) is 29.7 Å². The summed E-state index contributed by atoms with van der Waals surface area (Å²) < 4.78 is 7.88. The number of ether oxygens (including phenoxy) is 1. The molecule has 8 heteroatoms. The fourth-order valence-electron chi connectivity index (χ4n) is 2.27. The molecule has 7 nitrogen and oxygen atoms in total. The monoisotopic (exact) mass is 338 g/mol. The Morgan fingerprint density at radius 3 is 3.00 bits per heavy atom. The first-order valence-electron chi connectivity index (χ1n) is 6.43. The van der Waals surface area contributed by atoms with Crippen LogP contribution in [0.4, 0.5) is 5.95 Å². The third-order valence-electron chi connectivity index (χ3n) is 3.12. The fraction of sp³-hybridized carbons (Fsp3) is 0.500. The van der Waals surface area contributed by atoms with Gasteiger partial charge in [-0.2, -0.15) is 5.10 Å². The molecular formula is C12H15BrN6O. The van der Waals surface area contributed by atoms with E-state index in [-0.39, 0.29) is 6.04 Å². The Bertz CT molecular complexity index is 584. The summed E-state index contributed by atoms with van der Waals surface area (Å²) in [5, 5.41) is 7.75. The fourth-order valence-corrected chi connectivity index (χ4v) is 2.47. The van der Waals surface area contributed by atoms with Crippen LogP contribution in [-0.4, -0.2) is 31.8 Å². The Morgan fingerprint density at radius 2 is 2.25 bits per heavy atom. The quantitative estimate of drug-likeness (QED) is 0.917. The van der Waals surface area contributed by atoms with Gasteiger partial charge in [-0.05, 0) is 28.8 Å². The van der Waals surface area contributed by atoms with Gasteiger partial charge in [0.2, 0.25) is 5.95 Å². The van der Waals surface area contributed by atoms with Crippen LogP contribution in [0.2, 0.25) is 0 Å². The number of aryl methyl sites for hydroxylation is 1. The maximum atomic E-state index is 5.08. The molecule has 0 aliphatic carbocycles. The van der Waals surface area contributed by atoms with Gasteiger partial charge in [-0.1, -0.05) is 0 Å². The zero-order chi connectivity index (χ0) is 13.9. The first kappa shape index (κ1) is 13.4. The van der Waals surface area contributed by atoms with Gasteiger partial charge in [0.25, 0.3) is 0 Å². The molecular weight excluding hydrogens is 324 g/mol. The average molecular weight is 339 g/mol. The van der Waals surface area contributed by atoms with Crippen molar-refractivity contribution in [3.8, 4) is 0 Å². The van der Waals surface area contributed by atoms with E-state index in [0.29, 0.717) is 18.4 Å². The van der Waals surface area contributed by atoms with Crippen LogP contribution in [0.1, 0.15) is 30.5 Å². The zero-order valence-electron chi connectivity index (χ0n) is 11.1. The van der Waals surface area contributed by atoms with Crippen molar-refractivity contribution in [3.05, 3.63) is 28.5 Å². The molecule has 1 atom stereocenters. The second-order valence-corrected chi connectivity index (χ2v) is 5.52. The molecule has 2 aromatic rings. The highest BCUT2D eigenvalue weighted by Gasteiger charge is 2.24. The van der Waals surface area contributed by atoms with E-state index in [9.17, 15) is 0 Å². The molecule has 106 valence electrons. The third-order valence-corrected chi connectivity index (χ3v) is 3.53. The van der Waals surface area contributed by atoms with Crippen LogP contribution < -0.4 is 5.32 Å². The number of methoxy groups -OCH3 is 1. The summed E-state index contributed by atoms with van der Waals surface area (Å²) in [6.45, 7) is 1.33. The second-order valence-electron chi connectivity index (χ2n) is 4.61. The molecule has 0 spiro atoms. The molecule has 0 aromatic carbocycles. The van der Waals surface area contributed by atoms with E-state index in [4.69, 9.17) is 4.74 Å². The van der Waals surface area contributed by atoms with Gasteiger partial charge in [0, 0.05) is 26.0 Å². The minimum absolute atomic E-state index is 0.0861. The first-order chi connectivity index (χ1) is 9.76. The summed E-state index contributed by atoms with van der Waals surface area (Å²) in [6.07, 6.45) is 5.49. The van der Waals surface area contributed by atoms with E-state index >= 15 is 0 Å². The molecule has 0 unspecified atom stereocenters. The largest absolute Gasteiger partial charge is 0.377 e. The van der Waals surface area contributed by atoms with Crippen LogP contribution in [0.15, 0.2) is 16.9 Å². The Kier molecular flexibility index (Phi) is 3.93. The van der Waals surface area contributed by atoms with Crippen molar-refractivity contribution in [3.63, 3.8) is 0 Å². The van der Waals surface area contributed by atoms with Gasteiger partial charge in [-0.3, -0.25) is 0 Å². The number of hydrogen-bond acceptors (Lipinski definition) is 6. The number of halogens is 1. The average Bonchev–Trinajstić information content (AvgIpc) is 2.85. The molecule has 0 fully saturated rings. The molecule has 0 amide bonds. The molecule has 0 saturated carbocycles. The minimum atomic E-state index is 0.0861. The van der Waals surface area contributed by atoms with E-state index in [2.05, 4.69) is 41.3 Å². The normalized spacial score (nSPS) is 17.8. The summed E-state index contributed by atoms with van der Waals surface area (Å²) in [7, 11) is 1.64. The zero-order valence-corrected chi connectivity index (χ0v) is 12.7. The van der Waals surface area contributed by atoms with Crippen molar-refractivity contribution < 1.29 is 4.74 Å². The van der Waals surface area contributed by atoms with E-state index < -0.39 is 0 Å². The van der Waals surface area contributed by atoms with Crippen molar-refractivity contribution >= 4 is 21.9 Å². The lowest BCUT2D eigenvalue weighted by Gasteiger charge is -2.22. The van der Waals surface area contributed by atoms with Crippen LogP contribution in [0.5, 0.6) is 0 Å². The smallest absolute Gasteiger partial charge is 0.223 e. The first-order valence-corrected chi connectivity index (χ1v) is 7.22. The lowest BCUT2D eigenvalue weighted by Crippen LogP contribution is -2.23.